The molecular formula is C29H44O3. The third kappa shape index (κ3) is 2.58. The van der Waals surface area contributed by atoms with E-state index < -0.39 is 5.60 Å². The van der Waals surface area contributed by atoms with Crippen molar-refractivity contribution >= 4 is 11.6 Å². The smallest absolute Gasteiger partial charge is 0.165 e. The SMILES string of the molecule is CC1(C)CC[C@]2(O)C(=O)C[C@]3(C)C(=CC[C@@H]4[C@@]5(C)CCC(=O)C(C)(C)C5CC[C@]43C)[C@H]2C1. The first-order valence-electron chi connectivity index (χ1n) is 13.1. The maximum Gasteiger partial charge on any atom is 0.165 e. The summed E-state index contributed by atoms with van der Waals surface area (Å²) in [4.78, 5) is 26.5. The van der Waals surface area contributed by atoms with Crippen molar-refractivity contribution in [3.8, 4) is 0 Å². The summed E-state index contributed by atoms with van der Waals surface area (Å²) >= 11 is 0. The summed E-state index contributed by atoms with van der Waals surface area (Å²) in [6, 6.07) is 0. The van der Waals surface area contributed by atoms with Gasteiger partial charge in [0.05, 0.1) is 0 Å². The maximum absolute atomic E-state index is 13.6. The second-order valence-corrected chi connectivity index (χ2v) is 14.4. The lowest BCUT2D eigenvalue weighted by Gasteiger charge is -2.70. The highest BCUT2D eigenvalue weighted by atomic mass is 16.3. The molecule has 3 heteroatoms. The second-order valence-electron chi connectivity index (χ2n) is 14.4. The van der Waals surface area contributed by atoms with Crippen LogP contribution in [0.25, 0.3) is 0 Å². The Morgan fingerprint density at radius 2 is 1.56 bits per heavy atom. The van der Waals surface area contributed by atoms with Gasteiger partial charge < -0.3 is 5.11 Å². The minimum absolute atomic E-state index is 0.0252. The van der Waals surface area contributed by atoms with Gasteiger partial charge in [0.1, 0.15) is 11.4 Å². The quantitative estimate of drug-likeness (QED) is 0.451. The second kappa shape index (κ2) is 6.37. The topological polar surface area (TPSA) is 54.4 Å². The largest absolute Gasteiger partial charge is 0.381 e. The minimum atomic E-state index is -1.16. The van der Waals surface area contributed by atoms with Crippen LogP contribution in [0.5, 0.6) is 0 Å². The molecule has 7 atom stereocenters. The van der Waals surface area contributed by atoms with Crippen LogP contribution in [0.1, 0.15) is 106 Å². The standard InChI is InChI=1S/C29H44O3/c1-24(2)14-15-29(32)19(16-24)18-8-9-21-26(5)12-11-22(30)25(3,4)20(26)10-13-27(21,6)28(18,7)17-23(29)31/h8,19-21,32H,9-17H2,1-7H3/t19-,20?,21-,26+,27-,28-,29-/m1/s1. The average Bonchev–Trinajstić information content (AvgIpc) is 2.68. The number of rotatable bonds is 0. The number of fused-ring (bicyclic) bond motifs is 7. The molecule has 4 fully saturated rings. The van der Waals surface area contributed by atoms with Gasteiger partial charge >= 0.3 is 0 Å². The first-order valence-corrected chi connectivity index (χ1v) is 13.1. The van der Waals surface area contributed by atoms with Gasteiger partial charge in [-0.15, -0.1) is 0 Å². The fourth-order valence-electron chi connectivity index (χ4n) is 9.87. The van der Waals surface area contributed by atoms with Crippen LogP contribution in [-0.2, 0) is 9.59 Å². The first-order chi connectivity index (χ1) is 14.6. The summed E-state index contributed by atoms with van der Waals surface area (Å²) in [7, 11) is 0. The van der Waals surface area contributed by atoms with Crippen LogP contribution in [0.15, 0.2) is 11.6 Å². The van der Waals surface area contributed by atoms with Crippen LogP contribution in [0, 0.1) is 44.8 Å². The Bertz CT molecular complexity index is 911. The zero-order valence-corrected chi connectivity index (χ0v) is 21.4. The molecule has 0 heterocycles. The van der Waals surface area contributed by atoms with Gasteiger partial charge in [-0.25, -0.2) is 0 Å². The van der Waals surface area contributed by atoms with Crippen LogP contribution >= 0.6 is 0 Å². The molecule has 4 saturated carbocycles. The van der Waals surface area contributed by atoms with Gasteiger partial charge in [-0.3, -0.25) is 9.59 Å². The van der Waals surface area contributed by atoms with Gasteiger partial charge in [0.15, 0.2) is 5.78 Å². The number of carbonyl (C=O) groups is 2. The summed E-state index contributed by atoms with van der Waals surface area (Å²) < 4.78 is 0. The van der Waals surface area contributed by atoms with Crippen LogP contribution in [0.3, 0.4) is 0 Å². The van der Waals surface area contributed by atoms with Gasteiger partial charge in [0.25, 0.3) is 0 Å². The van der Waals surface area contributed by atoms with Crippen LogP contribution in [-0.4, -0.2) is 22.3 Å². The predicted molar refractivity (Wildman–Crippen MR) is 127 cm³/mol. The molecule has 0 aromatic carbocycles. The Balaban J connectivity index is 1.61. The lowest BCUT2D eigenvalue weighted by molar-refractivity contribution is -0.192. The summed E-state index contributed by atoms with van der Waals surface area (Å²) in [5, 5.41) is 11.6. The van der Waals surface area contributed by atoms with E-state index in [0.717, 1.165) is 38.5 Å². The summed E-state index contributed by atoms with van der Waals surface area (Å²) in [6.07, 6.45) is 10.2. The number of Topliss-reactive ketones (excluding diaryl/α,β-unsaturated/α-hetero) is 2. The molecule has 0 bridgehead atoms. The third-order valence-corrected chi connectivity index (χ3v) is 12.2. The van der Waals surface area contributed by atoms with E-state index in [0.29, 0.717) is 36.9 Å². The van der Waals surface area contributed by atoms with Crippen molar-refractivity contribution in [1.82, 2.24) is 0 Å². The van der Waals surface area contributed by atoms with E-state index in [-0.39, 0.29) is 38.8 Å². The summed E-state index contributed by atoms with van der Waals surface area (Å²) in [5.41, 5.74) is 0.0802. The molecule has 5 aliphatic rings. The van der Waals surface area contributed by atoms with Crippen molar-refractivity contribution in [3.63, 3.8) is 0 Å². The zero-order chi connectivity index (χ0) is 23.5. The lowest BCUT2D eigenvalue weighted by atomic mass is 9.34. The van der Waals surface area contributed by atoms with Crippen molar-refractivity contribution in [2.75, 3.05) is 0 Å². The molecule has 3 nitrogen and oxygen atoms in total. The summed E-state index contributed by atoms with van der Waals surface area (Å²) in [5.74, 6) is 1.38. The first kappa shape index (κ1) is 22.8. The van der Waals surface area contributed by atoms with E-state index in [9.17, 15) is 14.7 Å². The number of ketones is 2. The number of aliphatic hydroxyl groups is 1. The van der Waals surface area contributed by atoms with Gasteiger partial charge in [-0.2, -0.15) is 0 Å². The van der Waals surface area contributed by atoms with Crippen molar-refractivity contribution in [2.24, 2.45) is 44.8 Å². The van der Waals surface area contributed by atoms with E-state index in [1.54, 1.807) is 0 Å². The lowest BCUT2D eigenvalue weighted by Crippen LogP contribution is -2.67. The van der Waals surface area contributed by atoms with E-state index in [1.807, 2.05) is 0 Å². The van der Waals surface area contributed by atoms with E-state index in [2.05, 4.69) is 54.5 Å². The van der Waals surface area contributed by atoms with Crippen molar-refractivity contribution in [3.05, 3.63) is 11.6 Å². The number of allylic oxidation sites excluding steroid dienone is 1. The van der Waals surface area contributed by atoms with Crippen molar-refractivity contribution < 1.29 is 14.7 Å². The molecule has 0 radical (unpaired) electrons. The summed E-state index contributed by atoms with van der Waals surface area (Å²) in [6.45, 7) is 16.2. The molecule has 0 saturated heterocycles. The number of hydrogen-bond acceptors (Lipinski definition) is 3. The highest BCUT2D eigenvalue weighted by molar-refractivity contribution is 5.91. The Kier molecular flexibility index (Phi) is 4.54. The highest BCUT2D eigenvalue weighted by Gasteiger charge is 2.69. The van der Waals surface area contributed by atoms with E-state index in [1.165, 1.54) is 5.57 Å². The molecular weight excluding hydrogens is 396 g/mol. The Labute approximate surface area is 194 Å². The van der Waals surface area contributed by atoms with Gasteiger partial charge in [-0.05, 0) is 73.0 Å². The third-order valence-electron chi connectivity index (χ3n) is 12.2. The van der Waals surface area contributed by atoms with Crippen LogP contribution in [0.4, 0.5) is 0 Å². The fourth-order valence-corrected chi connectivity index (χ4v) is 9.87. The molecule has 0 aromatic rings. The predicted octanol–water partition coefficient (Wildman–Crippen LogP) is 6.28. The maximum atomic E-state index is 13.6. The number of hydrogen-bond donors (Lipinski definition) is 1. The van der Waals surface area contributed by atoms with Crippen molar-refractivity contribution in [2.45, 2.75) is 112 Å². The Hall–Kier alpha value is -0.960. The molecule has 178 valence electrons. The van der Waals surface area contributed by atoms with E-state index >= 15 is 0 Å². The van der Waals surface area contributed by atoms with Crippen molar-refractivity contribution in [1.29, 1.82) is 0 Å². The molecule has 1 unspecified atom stereocenters. The molecule has 0 aliphatic heterocycles. The Morgan fingerprint density at radius 1 is 0.875 bits per heavy atom. The highest BCUT2D eigenvalue weighted by Crippen LogP contribution is 2.74. The zero-order valence-electron chi connectivity index (χ0n) is 21.4. The molecule has 5 aliphatic carbocycles. The molecule has 0 aromatic heterocycles. The van der Waals surface area contributed by atoms with Crippen LogP contribution < -0.4 is 0 Å². The molecule has 32 heavy (non-hydrogen) atoms. The molecule has 0 spiro atoms. The van der Waals surface area contributed by atoms with Gasteiger partial charge in [0, 0.05) is 29.6 Å². The monoisotopic (exact) mass is 440 g/mol. The normalized spacial score (nSPS) is 51.6. The van der Waals surface area contributed by atoms with Gasteiger partial charge in [-0.1, -0.05) is 60.1 Å². The van der Waals surface area contributed by atoms with E-state index in [4.69, 9.17) is 0 Å². The van der Waals surface area contributed by atoms with Gasteiger partial charge in [0.2, 0.25) is 0 Å². The van der Waals surface area contributed by atoms with Crippen LogP contribution in [0.2, 0.25) is 0 Å². The number of carbonyl (C=O) groups excluding carboxylic acids is 2. The molecule has 1 N–H and O–H groups in total. The molecule has 0 amide bonds. The fraction of sp³-hybridized carbons (Fsp3) is 0.862. The average molecular weight is 441 g/mol. The molecule has 5 rings (SSSR count). The Morgan fingerprint density at radius 3 is 2.25 bits per heavy atom. The minimum Gasteiger partial charge on any atom is -0.381 e.